The van der Waals surface area contributed by atoms with Crippen molar-refractivity contribution in [3.05, 3.63) is 22.8 Å². The van der Waals surface area contributed by atoms with Gasteiger partial charge in [-0.25, -0.2) is 0 Å². The van der Waals surface area contributed by atoms with Gasteiger partial charge in [0.1, 0.15) is 0 Å². The Morgan fingerprint density at radius 2 is 1.78 bits per heavy atom. The highest BCUT2D eigenvalue weighted by atomic mass is 16.3. The van der Waals surface area contributed by atoms with Crippen molar-refractivity contribution in [2.24, 2.45) is 40.4 Å². The normalized spacial score (nSPS) is 40.1. The largest absolute Gasteiger partial charge is 0.393 e. The molecular formula is C31H52O. The summed E-state index contributed by atoms with van der Waals surface area (Å²) in [5.41, 5.74) is 6.15. The van der Waals surface area contributed by atoms with E-state index in [1.807, 2.05) is 5.57 Å². The molecule has 0 heterocycles. The second-order valence-corrected chi connectivity index (χ2v) is 13.1. The zero-order chi connectivity index (χ0) is 23.1. The Hall–Kier alpha value is -0.560. The Kier molecular flexibility index (Phi) is 7.36. The molecule has 0 bridgehead atoms. The van der Waals surface area contributed by atoms with Crippen molar-refractivity contribution >= 4 is 0 Å². The Balaban J connectivity index is 1.55. The van der Waals surface area contributed by atoms with Crippen LogP contribution in [-0.2, 0) is 0 Å². The van der Waals surface area contributed by atoms with Gasteiger partial charge < -0.3 is 5.11 Å². The highest BCUT2D eigenvalue weighted by molar-refractivity contribution is 5.49. The summed E-state index contributed by atoms with van der Waals surface area (Å²) in [5.74, 6) is 3.75. The minimum Gasteiger partial charge on any atom is -0.393 e. The second-order valence-electron chi connectivity index (χ2n) is 13.1. The van der Waals surface area contributed by atoms with Crippen LogP contribution in [0.5, 0.6) is 0 Å². The SMILES string of the molecule is CCCCC1C(O)CC[C@]2(C)C3=C(CCC12)C1=CC[C@H]([C@H](C)CCCC(C)C)[C@@]1(C)CC3. The van der Waals surface area contributed by atoms with Gasteiger partial charge >= 0.3 is 0 Å². The van der Waals surface area contributed by atoms with E-state index in [2.05, 4.69) is 47.6 Å². The minimum absolute atomic E-state index is 0.0580. The molecule has 0 spiro atoms. The molecule has 7 atom stereocenters. The average Bonchev–Trinajstić information content (AvgIpc) is 3.10. The van der Waals surface area contributed by atoms with Gasteiger partial charge in [0.25, 0.3) is 0 Å². The number of aliphatic hydroxyl groups excluding tert-OH is 1. The number of hydrogen-bond acceptors (Lipinski definition) is 1. The number of fused-ring (bicyclic) bond motifs is 4. The van der Waals surface area contributed by atoms with E-state index >= 15 is 0 Å². The standard InChI is InChI=1S/C31H52O/c1-7-8-12-24-27-14-13-23-26-16-15-25(22(4)11-9-10-21(2)3)30(26,5)19-17-28(23)31(27,6)20-18-29(24)32/h16,21-22,24-25,27,29,32H,7-15,17-20H2,1-6H3/t22-,24?,25-,27?,29?,30-,31+/m1/s1. The van der Waals surface area contributed by atoms with E-state index in [4.69, 9.17) is 0 Å². The monoisotopic (exact) mass is 440 g/mol. The summed E-state index contributed by atoms with van der Waals surface area (Å²) in [6.07, 6.45) is 19.4. The fourth-order valence-corrected chi connectivity index (χ4v) is 8.88. The molecule has 1 heteroatoms. The molecule has 0 aromatic carbocycles. The van der Waals surface area contributed by atoms with Gasteiger partial charge in [-0.15, -0.1) is 0 Å². The van der Waals surface area contributed by atoms with E-state index in [9.17, 15) is 5.11 Å². The van der Waals surface area contributed by atoms with Crippen molar-refractivity contribution in [1.29, 1.82) is 0 Å². The molecule has 1 N–H and O–H groups in total. The van der Waals surface area contributed by atoms with Gasteiger partial charge in [0.15, 0.2) is 0 Å². The molecular weight excluding hydrogens is 388 g/mol. The number of hydrogen-bond donors (Lipinski definition) is 1. The van der Waals surface area contributed by atoms with Crippen LogP contribution >= 0.6 is 0 Å². The van der Waals surface area contributed by atoms with Crippen LogP contribution in [0.2, 0.25) is 0 Å². The van der Waals surface area contributed by atoms with Crippen molar-refractivity contribution in [2.75, 3.05) is 0 Å². The van der Waals surface area contributed by atoms with Crippen molar-refractivity contribution < 1.29 is 5.11 Å². The Bertz CT molecular complexity index is 729. The molecule has 182 valence electrons. The van der Waals surface area contributed by atoms with Crippen LogP contribution in [0, 0.1) is 40.4 Å². The van der Waals surface area contributed by atoms with Crippen molar-refractivity contribution in [1.82, 2.24) is 0 Å². The highest BCUT2D eigenvalue weighted by Gasteiger charge is 2.54. The zero-order valence-electron chi connectivity index (χ0n) is 22.2. The van der Waals surface area contributed by atoms with Gasteiger partial charge in [-0.2, -0.15) is 0 Å². The lowest BCUT2D eigenvalue weighted by atomic mass is 9.49. The van der Waals surface area contributed by atoms with E-state index in [0.717, 1.165) is 24.2 Å². The number of aliphatic hydroxyl groups is 1. The molecule has 0 aromatic rings. The maximum Gasteiger partial charge on any atom is 0.0571 e. The predicted molar refractivity (Wildman–Crippen MR) is 137 cm³/mol. The van der Waals surface area contributed by atoms with Crippen LogP contribution in [0.1, 0.15) is 125 Å². The van der Waals surface area contributed by atoms with Crippen LogP contribution < -0.4 is 0 Å². The molecule has 4 rings (SSSR count). The lowest BCUT2D eigenvalue weighted by Crippen LogP contribution is -2.48. The molecule has 1 nitrogen and oxygen atoms in total. The lowest BCUT2D eigenvalue weighted by molar-refractivity contribution is -0.0414. The Morgan fingerprint density at radius 1 is 1.00 bits per heavy atom. The molecule has 4 aliphatic rings. The molecule has 0 aromatic heterocycles. The third-order valence-corrected chi connectivity index (χ3v) is 10.8. The summed E-state index contributed by atoms with van der Waals surface area (Å²) >= 11 is 0. The quantitative estimate of drug-likeness (QED) is 0.399. The first kappa shape index (κ1) is 24.6. The van der Waals surface area contributed by atoms with Crippen LogP contribution in [0.3, 0.4) is 0 Å². The first-order chi connectivity index (χ1) is 15.2. The van der Waals surface area contributed by atoms with Crippen molar-refractivity contribution in [2.45, 2.75) is 131 Å². The van der Waals surface area contributed by atoms with Gasteiger partial charge in [-0.05, 0) is 103 Å². The third kappa shape index (κ3) is 4.18. The van der Waals surface area contributed by atoms with Gasteiger partial charge in [-0.3, -0.25) is 0 Å². The molecule has 4 aliphatic carbocycles. The summed E-state index contributed by atoms with van der Waals surface area (Å²) in [6, 6.07) is 0. The molecule has 0 amide bonds. The second kappa shape index (κ2) is 9.59. The first-order valence-electron chi connectivity index (χ1n) is 14.3. The van der Waals surface area contributed by atoms with E-state index in [0.29, 0.717) is 22.7 Å². The van der Waals surface area contributed by atoms with Gasteiger partial charge in [0.05, 0.1) is 6.10 Å². The number of allylic oxidation sites excluding steroid dienone is 4. The van der Waals surface area contributed by atoms with Gasteiger partial charge in [-0.1, -0.05) is 85.3 Å². The lowest BCUT2D eigenvalue weighted by Gasteiger charge is -2.56. The molecule has 0 radical (unpaired) electrons. The fraction of sp³-hybridized carbons (Fsp3) is 0.871. The highest BCUT2D eigenvalue weighted by Crippen LogP contribution is 2.65. The number of unbranched alkanes of at least 4 members (excludes halogenated alkanes) is 1. The maximum absolute atomic E-state index is 10.9. The van der Waals surface area contributed by atoms with E-state index in [1.54, 1.807) is 11.1 Å². The average molecular weight is 441 g/mol. The summed E-state index contributed by atoms with van der Waals surface area (Å²) in [4.78, 5) is 0. The summed E-state index contributed by atoms with van der Waals surface area (Å²) in [7, 11) is 0. The van der Waals surface area contributed by atoms with E-state index in [-0.39, 0.29) is 6.10 Å². The minimum atomic E-state index is -0.0580. The van der Waals surface area contributed by atoms with Crippen LogP contribution in [0.25, 0.3) is 0 Å². The fourth-order valence-electron chi connectivity index (χ4n) is 8.88. The van der Waals surface area contributed by atoms with Gasteiger partial charge in [0.2, 0.25) is 0 Å². The molecule has 32 heavy (non-hydrogen) atoms. The summed E-state index contributed by atoms with van der Waals surface area (Å²) < 4.78 is 0. The van der Waals surface area contributed by atoms with E-state index in [1.165, 1.54) is 77.0 Å². The molecule has 0 saturated heterocycles. The predicted octanol–water partition coefficient (Wildman–Crippen LogP) is 8.87. The Labute approximate surface area is 199 Å². The van der Waals surface area contributed by atoms with Gasteiger partial charge in [0, 0.05) is 0 Å². The summed E-state index contributed by atoms with van der Waals surface area (Å²) in [6.45, 7) is 14.8. The molecule has 1 saturated carbocycles. The van der Waals surface area contributed by atoms with Crippen molar-refractivity contribution in [3.63, 3.8) is 0 Å². The van der Waals surface area contributed by atoms with E-state index < -0.39 is 0 Å². The summed E-state index contributed by atoms with van der Waals surface area (Å²) in [5, 5.41) is 10.9. The number of rotatable bonds is 8. The first-order valence-corrected chi connectivity index (χ1v) is 14.3. The molecule has 1 fully saturated rings. The molecule has 3 unspecified atom stereocenters. The van der Waals surface area contributed by atoms with Crippen LogP contribution in [0.4, 0.5) is 0 Å². The maximum atomic E-state index is 10.9. The van der Waals surface area contributed by atoms with Crippen LogP contribution in [0.15, 0.2) is 22.8 Å². The molecule has 0 aliphatic heterocycles. The smallest absolute Gasteiger partial charge is 0.0571 e. The topological polar surface area (TPSA) is 20.2 Å². The van der Waals surface area contributed by atoms with Crippen molar-refractivity contribution in [3.8, 4) is 0 Å². The van der Waals surface area contributed by atoms with Crippen LogP contribution in [-0.4, -0.2) is 11.2 Å². The third-order valence-electron chi connectivity index (χ3n) is 10.8. The zero-order valence-corrected chi connectivity index (χ0v) is 22.2. The Morgan fingerprint density at radius 3 is 2.50 bits per heavy atom.